The number of para-hydroxylation sites is 6. The van der Waals surface area contributed by atoms with E-state index in [-0.39, 0.29) is 0 Å². The quantitative estimate of drug-likeness (QED) is 0.178. The maximum Gasteiger partial charge on any atom is 0.136 e. The first-order chi connectivity index (χ1) is 27.8. The number of hydrogen-bond donors (Lipinski definition) is 0. The van der Waals surface area contributed by atoms with Crippen LogP contribution in [0.4, 0.5) is 0 Å². The van der Waals surface area contributed by atoms with Crippen molar-refractivity contribution in [3.63, 3.8) is 0 Å². The van der Waals surface area contributed by atoms with Crippen LogP contribution in [0.3, 0.4) is 0 Å². The molecular formula is C50H31N5O. The minimum Gasteiger partial charge on any atom is -0.456 e. The standard InChI is InChI=1S/C50H31N5O/c1-3-16-32(17-4-1)49-50(55(52-51-49)33-18-5-2-6-19-33)37-23-15-28-44-48(37)36-22-8-11-25-41(36)53(44)42-26-12-13-27-43(42)54-40-24-10-7-20-34(40)38-31-47-39(30-45(38)54)35-21-9-14-29-46(35)56-47/h1-31H. The smallest absolute Gasteiger partial charge is 0.136 e. The van der Waals surface area contributed by atoms with E-state index in [1.54, 1.807) is 0 Å². The van der Waals surface area contributed by atoms with Crippen LogP contribution < -0.4 is 0 Å². The Morgan fingerprint density at radius 2 is 1.02 bits per heavy atom. The molecule has 0 spiro atoms. The van der Waals surface area contributed by atoms with E-state index >= 15 is 0 Å². The maximum atomic E-state index is 6.39. The van der Waals surface area contributed by atoms with E-state index in [1.807, 2.05) is 41.1 Å². The predicted octanol–water partition coefficient (Wildman–Crippen LogP) is 12.7. The molecule has 0 bridgehead atoms. The van der Waals surface area contributed by atoms with Crippen molar-refractivity contribution in [3.8, 4) is 39.6 Å². The van der Waals surface area contributed by atoms with Crippen LogP contribution in [0.5, 0.6) is 0 Å². The number of nitrogens with zero attached hydrogens (tertiary/aromatic N) is 5. The highest BCUT2D eigenvalue weighted by Crippen LogP contribution is 2.44. The summed E-state index contributed by atoms with van der Waals surface area (Å²) < 4.78 is 13.2. The summed E-state index contributed by atoms with van der Waals surface area (Å²) in [5, 5.41) is 16.5. The monoisotopic (exact) mass is 717 g/mol. The summed E-state index contributed by atoms with van der Waals surface area (Å²) in [5.41, 5.74) is 13.2. The molecule has 6 nitrogen and oxygen atoms in total. The molecule has 6 heteroatoms. The minimum atomic E-state index is 0.836. The Balaban J connectivity index is 1.17. The average Bonchev–Trinajstić information content (AvgIpc) is 4.03. The lowest BCUT2D eigenvalue weighted by atomic mass is 9.99. The third-order valence-electron chi connectivity index (χ3n) is 11.2. The molecule has 56 heavy (non-hydrogen) atoms. The molecule has 0 radical (unpaired) electrons. The molecule has 0 N–H and O–H groups in total. The van der Waals surface area contributed by atoms with E-state index in [2.05, 4.69) is 161 Å². The molecule has 0 unspecified atom stereocenters. The molecule has 0 saturated carbocycles. The van der Waals surface area contributed by atoms with Crippen molar-refractivity contribution in [2.45, 2.75) is 0 Å². The van der Waals surface area contributed by atoms with Gasteiger partial charge in [-0.05, 0) is 60.7 Å². The van der Waals surface area contributed by atoms with E-state index in [0.29, 0.717) is 0 Å². The Labute approximate surface area is 320 Å². The molecule has 12 rings (SSSR count). The third-order valence-corrected chi connectivity index (χ3v) is 11.2. The average molecular weight is 718 g/mol. The van der Waals surface area contributed by atoms with Gasteiger partial charge >= 0.3 is 0 Å². The molecule has 262 valence electrons. The Morgan fingerprint density at radius 3 is 1.80 bits per heavy atom. The van der Waals surface area contributed by atoms with Gasteiger partial charge in [0.05, 0.1) is 39.1 Å². The largest absolute Gasteiger partial charge is 0.456 e. The molecule has 4 aromatic heterocycles. The second-order valence-corrected chi connectivity index (χ2v) is 14.3. The van der Waals surface area contributed by atoms with Crippen molar-refractivity contribution in [1.82, 2.24) is 24.1 Å². The molecule has 8 aromatic carbocycles. The molecule has 0 aliphatic carbocycles. The van der Waals surface area contributed by atoms with Crippen LogP contribution in [0.15, 0.2) is 192 Å². The summed E-state index contributed by atoms with van der Waals surface area (Å²) in [6, 6.07) is 66.2. The number of fused-ring (bicyclic) bond motifs is 9. The molecule has 0 amide bonds. The van der Waals surface area contributed by atoms with Crippen LogP contribution >= 0.6 is 0 Å². The predicted molar refractivity (Wildman–Crippen MR) is 228 cm³/mol. The third kappa shape index (κ3) is 4.38. The van der Waals surface area contributed by atoms with E-state index in [0.717, 1.165) is 99.7 Å². The van der Waals surface area contributed by atoms with Crippen LogP contribution in [0.1, 0.15) is 0 Å². The van der Waals surface area contributed by atoms with Crippen LogP contribution in [-0.4, -0.2) is 24.1 Å². The van der Waals surface area contributed by atoms with Gasteiger partial charge in [-0.3, -0.25) is 0 Å². The minimum absolute atomic E-state index is 0.836. The van der Waals surface area contributed by atoms with Crippen LogP contribution in [0.25, 0.3) is 105 Å². The molecule has 4 heterocycles. The fourth-order valence-electron chi connectivity index (χ4n) is 8.83. The fraction of sp³-hybridized carbons (Fsp3) is 0. The van der Waals surface area contributed by atoms with Gasteiger partial charge in [-0.25, -0.2) is 4.68 Å². The van der Waals surface area contributed by atoms with E-state index in [9.17, 15) is 0 Å². The zero-order valence-corrected chi connectivity index (χ0v) is 30.0. The maximum absolute atomic E-state index is 6.39. The van der Waals surface area contributed by atoms with Gasteiger partial charge in [0.1, 0.15) is 22.6 Å². The van der Waals surface area contributed by atoms with Crippen LogP contribution in [-0.2, 0) is 0 Å². The Morgan fingerprint density at radius 1 is 0.411 bits per heavy atom. The van der Waals surface area contributed by atoms with E-state index in [4.69, 9.17) is 14.7 Å². The summed E-state index contributed by atoms with van der Waals surface area (Å²) in [5.74, 6) is 0. The van der Waals surface area contributed by atoms with Crippen LogP contribution in [0.2, 0.25) is 0 Å². The van der Waals surface area contributed by atoms with E-state index < -0.39 is 0 Å². The number of aromatic nitrogens is 5. The highest BCUT2D eigenvalue weighted by molar-refractivity contribution is 6.18. The zero-order chi connectivity index (χ0) is 36.7. The summed E-state index contributed by atoms with van der Waals surface area (Å²) >= 11 is 0. The first-order valence-corrected chi connectivity index (χ1v) is 18.9. The molecule has 0 aliphatic heterocycles. The molecular weight excluding hydrogens is 687 g/mol. The van der Waals surface area contributed by atoms with Gasteiger partial charge in [-0.1, -0.05) is 133 Å². The molecule has 0 fully saturated rings. The first kappa shape index (κ1) is 30.7. The lowest BCUT2D eigenvalue weighted by Crippen LogP contribution is -2.03. The topological polar surface area (TPSA) is 53.7 Å². The van der Waals surface area contributed by atoms with Gasteiger partial charge in [0.15, 0.2) is 0 Å². The van der Waals surface area contributed by atoms with Crippen molar-refractivity contribution >= 4 is 65.6 Å². The van der Waals surface area contributed by atoms with E-state index in [1.165, 1.54) is 5.39 Å². The summed E-state index contributed by atoms with van der Waals surface area (Å²) in [4.78, 5) is 0. The Bertz CT molecular complexity index is 3420. The zero-order valence-electron chi connectivity index (χ0n) is 30.0. The van der Waals surface area contributed by atoms with Crippen LogP contribution in [0, 0.1) is 0 Å². The second kappa shape index (κ2) is 11.9. The summed E-state index contributed by atoms with van der Waals surface area (Å²) in [6.45, 7) is 0. The lowest BCUT2D eigenvalue weighted by Gasteiger charge is -2.17. The van der Waals surface area contributed by atoms with Crippen molar-refractivity contribution in [2.24, 2.45) is 0 Å². The van der Waals surface area contributed by atoms with Crippen molar-refractivity contribution in [1.29, 1.82) is 0 Å². The molecule has 12 aromatic rings. The number of rotatable bonds is 5. The van der Waals surface area contributed by atoms with Gasteiger partial charge in [0, 0.05) is 43.4 Å². The normalized spacial score (nSPS) is 11.9. The van der Waals surface area contributed by atoms with Gasteiger partial charge < -0.3 is 13.6 Å². The van der Waals surface area contributed by atoms with Gasteiger partial charge in [0.25, 0.3) is 0 Å². The number of hydrogen-bond acceptors (Lipinski definition) is 3. The SMILES string of the molecule is c1ccc(-c2nnn(-c3ccccc3)c2-c2cccc3c2c2ccccc2n3-c2ccccc2-n2c3ccccc3c3cc4oc5ccccc5c4cc32)cc1. The lowest BCUT2D eigenvalue weighted by molar-refractivity contribution is 0.669. The van der Waals surface area contributed by atoms with Gasteiger partial charge in [-0.2, -0.15) is 0 Å². The Kier molecular flexibility index (Phi) is 6.53. The van der Waals surface area contributed by atoms with Crippen molar-refractivity contribution in [3.05, 3.63) is 188 Å². The molecule has 0 aliphatic rings. The molecule has 0 saturated heterocycles. The Hall–Kier alpha value is -7.70. The second-order valence-electron chi connectivity index (χ2n) is 14.3. The van der Waals surface area contributed by atoms with Crippen molar-refractivity contribution < 1.29 is 4.42 Å². The first-order valence-electron chi connectivity index (χ1n) is 18.9. The summed E-state index contributed by atoms with van der Waals surface area (Å²) in [6.07, 6.45) is 0. The summed E-state index contributed by atoms with van der Waals surface area (Å²) in [7, 11) is 0. The van der Waals surface area contributed by atoms with Gasteiger partial charge in [-0.15, -0.1) is 5.10 Å². The van der Waals surface area contributed by atoms with Gasteiger partial charge in [0.2, 0.25) is 0 Å². The highest BCUT2D eigenvalue weighted by Gasteiger charge is 2.25. The fourth-order valence-corrected chi connectivity index (χ4v) is 8.83. The van der Waals surface area contributed by atoms with Crippen molar-refractivity contribution in [2.75, 3.05) is 0 Å². The highest BCUT2D eigenvalue weighted by atomic mass is 16.3. The number of furan rings is 1. The molecule has 0 atom stereocenters. The number of benzene rings is 8.